The van der Waals surface area contributed by atoms with Crippen molar-refractivity contribution in [1.82, 2.24) is 9.97 Å². The van der Waals surface area contributed by atoms with Crippen molar-refractivity contribution < 1.29 is 5.21 Å². The molecule has 0 fully saturated rings. The lowest BCUT2D eigenvalue weighted by Gasteiger charge is -1.98. The second-order valence-corrected chi connectivity index (χ2v) is 3.18. The summed E-state index contributed by atoms with van der Waals surface area (Å²) in [4.78, 5) is 17.5. The van der Waals surface area contributed by atoms with Gasteiger partial charge in [-0.05, 0) is 6.26 Å². The van der Waals surface area contributed by atoms with Crippen LogP contribution in [0, 0.1) is 0 Å². The molecule has 1 heterocycles. The molecule has 0 unspecified atom stereocenters. The third-order valence-corrected chi connectivity index (χ3v) is 2.14. The summed E-state index contributed by atoms with van der Waals surface area (Å²) in [5, 5.41) is 11.4. The van der Waals surface area contributed by atoms with Crippen molar-refractivity contribution in [2.75, 3.05) is 6.26 Å². The highest BCUT2D eigenvalue weighted by atomic mass is 35.5. The minimum absolute atomic E-state index is 0.0194. The van der Waals surface area contributed by atoms with Crippen molar-refractivity contribution in [3.05, 3.63) is 21.1 Å². The van der Waals surface area contributed by atoms with Crippen molar-refractivity contribution in [2.45, 2.75) is 32.9 Å². The highest BCUT2D eigenvalue weighted by Crippen LogP contribution is 2.11. The van der Waals surface area contributed by atoms with E-state index in [2.05, 4.69) is 15.1 Å². The third kappa shape index (κ3) is 6.33. The van der Waals surface area contributed by atoms with E-state index in [0.29, 0.717) is 5.16 Å². The second kappa shape index (κ2) is 11.5. The van der Waals surface area contributed by atoms with Crippen molar-refractivity contribution in [3.63, 3.8) is 0 Å². The predicted octanol–water partition coefficient (Wildman–Crippen LogP) is 3.01. The molecular weight excluding hydrogens is 262 g/mol. The largest absolute Gasteiger partial charge is 0.411 e. The van der Waals surface area contributed by atoms with E-state index >= 15 is 0 Å². The maximum Gasteiger partial charge on any atom is 0.262 e. The second-order valence-electron chi connectivity index (χ2n) is 2.02. The van der Waals surface area contributed by atoms with E-state index in [1.807, 2.05) is 27.7 Å². The van der Waals surface area contributed by atoms with E-state index < -0.39 is 5.56 Å². The van der Waals surface area contributed by atoms with Crippen LogP contribution in [-0.4, -0.2) is 27.6 Å². The summed E-state index contributed by atoms with van der Waals surface area (Å²) in [6.07, 6.45) is 2.70. The van der Waals surface area contributed by atoms with Crippen LogP contribution in [0.25, 0.3) is 0 Å². The van der Waals surface area contributed by atoms with Crippen LogP contribution in [0.1, 0.15) is 33.3 Å². The maximum atomic E-state index is 11.2. The average Bonchev–Trinajstić information content (AvgIpc) is 2.38. The zero-order valence-corrected chi connectivity index (χ0v) is 12.2. The lowest BCUT2D eigenvalue weighted by atomic mass is 10.4. The summed E-state index contributed by atoms with van der Waals surface area (Å²) in [5.74, 6) is 0. The minimum Gasteiger partial charge on any atom is -0.411 e. The number of hydrogen-bond donors (Lipinski definition) is 2. The highest BCUT2D eigenvalue weighted by molar-refractivity contribution is 7.98. The number of hydrogen-bond acceptors (Lipinski definition) is 5. The molecule has 0 aliphatic heterocycles. The first kappa shape index (κ1) is 18.4. The number of oxime groups is 1. The first-order chi connectivity index (χ1) is 8.19. The van der Waals surface area contributed by atoms with E-state index in [9.17, 15) is 4.79 Å². The molecular formula is C10H18ClN3O2S. The fraction of sp³-hybridized carbons (Fsp3) is 0.500. The summed E-state index contributed by atoms with van der Waals surface area (Å²) in [5.41, 5.74) is -0.385. The molecule has 5 nitrogen and oxygen atoms in total. The number of aromatic amines is 1. The normalized spacial score (nSPS) is 9.06. The Morgan fingerprint density at radius 2 is 1.94 bits per heavy atom. The first-order valence-corrected chi connectivity index (χ1v) is 6.80. The summed E-state index contributed by atoms with van der Waals surface area (Å²) in [7, 11) is 0. The fourth-order valence-electron chi connectivity index (χ4n) is 0.702. The Morgan fingerprint density at radius 3 is 2.29 bits per heavy atom. The maximum absolute atomic E-state index is 11.2. The van der Waals surface area contributed by atoms with Crippen molar-refractivity contribution in [1.29, 1.82) is 0 Å². The van der Waals surface area contributed by atoms with Gasteiger partial charge < -0.3 is 10.2 Å². The zero-order chi connectivity index (χ0) is 13.8. The molecule has 1 aromatic heterocycles. The Kier molecular flexibility index (Phi) is 12.4. The lowest BCUT2D eigenvalue weighted by Crippen LogP contribution is -2.15. The molecule has 98 valence electrons. The smallest absolute Gasteiger partial charge is 0.262 e. The molecule has 2 N–H and O–H groups in total. The molecule has 0 atom stereocenters. The van der Waals surface area contributed by atoms with Crippen LogP contribution in [0.2, 0.25) is 5.15 Å². The Bertz CT molecular complexity index is 394. The van der Waals surface area contributed by atoms with Gasteiger partial charge >= 0.3 is 0 Å². The molecule has 0 saturated carbocycles. The highest BCUT2D eigenvalue weighted by Gasteiger charge is 2.06. The number of H-pyrrole nitrogens is 1. The predicted molar refractivity (Wildman–Crippen MR) is 73.7 cm³/mol. The molecule has 0 spiro atoms. The van der Waals surface area contributed by atoms with Crippen LogP contribution in [0.15, 0.2) is 15.1 Å². The van der Waals surface area contributed by atoms with E-state index in [1.54, 1.807) is 6.26 Å². The van der Waals surface area contributed by atoms with Crippen LogP contribution in [0.4, 0.5) is 0 Å². The molecule has 1 rings (SSSR count). The molecule has 0 aliphatic carbocycles. The average molecular weight is 280 g/mol. The van der Waals surface area contributed by atoms with Gasteiger partial charge in [0.1, 0.15) is 5.15 Å². The van der Waals surface area contributed by atoms with Crippen LogP contribution in [0.3, 0.4) is 0 Å². The topological polar surface area (TPSA) is 78.3 Å². The molecule has 7 heteroatoms. The van der Waals surface area contributed by atoms with E-state index in [-0.39, 0.29) is 10.7 Å². The van der Waals surface area contributed by atoms with Gasteiger partial charge in [0.2, 0.25) is 0 Å². The van der Waals surface area contributed by atoms with Crippen LogP contribution in [-0.2, 0) is 0 Å². The molecule has 1 aromatic rings. The molecule has 0 radical (unpaired) electrons. The summed E-state index contributed by atoms with van der Waals surface area (Å²) < 4.78 is 0. The number of rotatable bonds is 2. The number of nitrogens with zero attached hydrogens (tertiary/aromatic N) is 2. The lowest BCUT2D eigenvalue weighted by molar-refractivity contribution is 0.322. The fourth-order valence-corrected chi connectivity index (χ4v) is 1.35. The molecule has 0 bridgehead atoms. The summed E-state index contributed by atoms with van der Waals surface area (Å²) in [6.45, 7) is 8.00. The van der Waals surface area contributed by atoms with Gasteiger partial charge in [0.05, 0.1) is 11.8 Å². The summed E-state index contributed by atoms with van der Waals surface area (Å²) in [6, 6.07) is 0. The van der Waals surface area contributed by atoms with Crippen LogP contribution >= 0.6 is 23.4 Å². The number of aromatic nitrogens is 2. The van der Waals surface area contributed by atoms with Gasteiger partial charge in [0, 0.05) is 0 Å². The Hall–Kier alpha value is -1.01. The van der Waals surface area contributed by atoms with E-state index in [1.165, 1.54) is 11.8 Å². The van der Waals surface area contributed by atoms with Gasteiger partial charge in [-0.2, -0.15) is 0 Å². The molecule has 0 aliphatic rings. The van der Waals surface area contributed by atoms with Crippen molar-refractivity contribution >= 4 is 29.6 Å². The molecule has 0 saturated heterocycles. The molecule has 17 heavy (non-hydrogen) atoms. The minimum atomic E-state index is -0.429. The number of thioether (sulfide) groups is 1. The number of nitrogens with one attached hydrogen (secondary N) is 1. The van der Waals surface area contributed by atoms with E-state index in [0.717, 1.165) is 6.21 Å². The third-order valence-electron chi connectivity index (χ3n) is 1.27. The van der Waals surface area contributed by atoms with Gasteiger partial charge in [-0.25, -0.2) is 4.98 Å². The Labute approximate surface area is 110 Å². The standard InChI is InChI=1S/C6H6ClN3O2S.2C2H6/c1-13-6-9-4(7)3(2-8-12)5(11)10-6;2*1-2/h2,12H,1H3,(H,9,10,11);2*1-2H3/b8-2+;;. The van der Waals surface area contributed by atoms with E-state index in [4.69, 9.17) is 16.8 Å². The first-order valence-electron chi connectivity index (χ1n) is 5.20. The SMILES string of the molecule is CC.CC.CSc1nc(Cl)c(/C=N/O)c(=O)[nH]1. The van der Waals surface area contributed by atoms with Gasteiger partial charge in [-0.15, -0.1) is 0 Å². The van der Waals surface area contributed by atoms with Gasteiger partial charge in [-0.3, -0.25) is 4.79 Å². The van der Waals surface area contributed by atoms with Crippen LogP contribution < -0.4 is 5.56 Å². The van der Waals surface area contributed by atoms with Crippen LogP contribution in [0.5, 0.6) is 0 Å². The van der Waals surface area contributed by atoms with Crippen molar-refractivity contribution in [3.8, 4) is 0 Å². The summed E-state index contributed by atoms with van der Waals surface area (Å²) >= 11 is 6.91. The molecule has 0 amide bonds. The van der Waals surface area contributed by atoms with Crippen molar-refractivity contribution in [2.24, 2.45) is 5.16 Å². The zero-order valence-electron chi connectivity index (χ0n) is 10.6. The quantitative estimate of drug-likeness (QED) is 0.218. The monoisotopic (exact) mass is 279 g/mol. The van der Waals surface area contributed by atoms with Gasteiger partial charge in [-0.1, -0.05) is 56.2 Å². The Balaban J connectivity index is 0. The van der Waals surface area contributed by atoms with Gasteiger partial charge in [0.15, 0.2) is 5.16 Å². The molecule has 0 aromatic carbocycles. The Morgan fingerprint density at radius 1 is 1.41 bits per heavy atom. The van der Waals surface area contributed by atoms with Gasteiger partial charge in [0.25, 0.3) is 5.56 Å². The number of halogens is 1.